The first-order chi connectivity index (χ1) is 7.89. The number of hydrogen-bond acceptors (Lipinski definition) is 4. The average molecular weight is 324 g/mol. The van der Waals surface area contributed by atoms with Gasteiger partial charge in [-0.05, 0) is 34.5 Å². The summed E-state index contributed by atoms with van der Waals surface area (Å²) < 4.78 is 25.6. The Kier molecular flexibility index (Phi) is 4.93. The molecule has 0 saturated carbocycles. The summed E-state index contributed by atoms with van der Waals surface area (Å²) in [6.45, 7) is 0.168. The van der Waals surface area contributed by atoms with Crippen LogP contribution >= 0.6 is 15.9 Å². The number of phenols is 1. The predicted molar refractivity (Wildman–Crippen MR) is 67.3 cm³/mol. The van der Waals surface area contributed by atoms with Gasteiger partial charge in [-0.15, -0.1) is 0 Å². The third-order valence-corrected chi connectivity index (χ3v) is 4.78. The molecule has 1 aromatic rings. The highest BCUT2D eigenvalue weighted by Crippen LogP contribution is 2.27. The fraction of sp³-hybridized carbons (Fsp3) is 0.400. The maximum Gasteiger partial charge on any atom is 0.242 e. The first-order valence-corrected chi connectivity index (χ1v) is 7.18. The van der Waals surface area contributed by atoms with Gasteiger partial charge in [-0.25, -0.2) is 12.7 Å². The zero-order valence-corrected chi connectivity index (χ0v) is 11.7. The lowest BCUT2D eigenvalue weighted by Gasteiger charge is -2.16. The Bertz CT molecular complexity index is 489. The van der Waals surface area contributed by atoms with E-state index in [-0.39, 0.29) is 23.8 Å². The first kappa shape index (κ1) is 14.4. The molecule has 2 N–H and O–H groups in total. The first-order valence-electron chi connectivity index (χ1n) is 4.95. The lowest BCUT2D eigenvalue weighted by molar-refractivity contribution is 0.275. The van der Waals surface area contributed by atoms with E-state index in [1.165, 1.54) is 25.2 Å². The van der Waals surface area contributed by atoms with Crippen molar-refractivity contribution in [3.05, 3.63) is 22.7 Å². The van der Waals surface area contributed by atoms with Crippen LogP contribution in [0.5, 0.6) is 5.75 Å². The average Bonchev–Trinajstić information content (AvgIpc) is 2.29. The Morgan fingerprint density at radius 2 is 2.06 bits per heavy atom. The molecule has 0 aromatic heterocycles. The van der Waals surface area contributed by atoms with E-state index in [4.69, 9.17) is 5.11 Å². The highest BCUT2D eigenvalue weighted by molar-refractivity contribution is 9.10. The van der Waals surface area contributed by atoms with Crippen LogP contribution in [0.4, 0.5) is 0 Å². The quantitative estimate of drug-likeness (QED) is 0.852. The van der Waals surface area contributed by atoms with E-state index < -0.39 is 10.0 Å². The van der Waals surface area contributed by atoms with Crippen LogP contribution in [0, 0.1) is 0 Å². The third-order valence-electron chi connectivity index (χ3n) is 2.26. The second kappa shape index (κ2) is 5.81. The van der Waals surface area contributed by atoms with E-state index in [9.17, 15) is 13.5 Å². The fourth-order valence-electron chi connectivity index (χ4n) is 1.25. The van der Waals surface area contributed by atoms with E-state index in [1.54, 1.807) is 0 Å². The predicted octanol–water partition coefficient (Wildman–Crippen LogP) is 1.16. The third kappa shape index (κ3) is 3.41. The number of benzene rings is 1. The van der Waals surface area contributed by atoms with Crippen molar-refractivity contribution in [3.8, 4) is 5.75 Å². The van der Waals surface area contributed by atoms with Gasteiger partial charge in [-0.1, -0.05) is 0 Å². The molecule has 0 heterocycles. The summed E-state index contributed by atoms with van der Waals surface area (Å²) in [4.78, 5) is 0.0265. The number of sulfonamides is 1. The molecule has 1 rings (SSSR count). The van der Waals surface area contributed by atoms with Crippen LogP contribution in [0.1, 0.15) is 6.42 Å². The minimum absolute atomic E-state index is 0.0265. The maximum atomic E-state index is 12.0. The summed E-state index contributed by atoms with van der Waals surface area (Å²) in [5.41, 5.74) is 0. The Hall–Kier alpha value is -0.630. The van der Waals surface area contributed by atoms with E-state index in [2.05, 4.69) is 15.9 Å². The van der Waals surface area contributed by atoms with Crippen molar-refractivity contribution in [2.24, 2.45) is 0 Å². The van der Waals surface area contributed by atoms with Gasteiger partial charge in [0, 0.05) is 26.3 Å². The molecule has 1 aromatic carbocycles. The Morgan fingerprint density at radius 1 is 1.41 bits per heavy atom. The van der Waals surface area contributed by atoms with Crippen LogP contribution in [-0.4, -0.2) is 43.1 Å². The van der Waals surface area contributed by atoms with Crippen LogP contribution in [0.25, 0.3) is 0 Å². The highest BCUT2D eigenvalue weighted by Gasteiger charge is 2.21. The minimum atomic E-state index is -3.61. The van der Waals surface area contributed by atoms with Gasteiger partial charge in [-0.2, -0.15) is 0 Å². The molecule has 7 heteroatoms. The molecule has 96 valence electrons. The number of aliphatic hydroxyl groups is 1. The molecule has 0 amide bonds. The van der Waals surface area contributed by atoms with Crippen molar-refractivity contribution in [2.45, 2.75) is 11.3 Å². The van der Waals surface area contributed by atoms with Crippen LogP contribution < -0.4 is 0 Å². The summed E-state index contributed by atoms with van der Waals surface area (Å²) >= 11 is 3.08. The van der Waals surface area contributed by atoms with Gasteiger partial charge in [-0.3, -0.25) is 0 Å². The molecule has 0 unspecified atom stereocenters. The van der Waals surface area contributed by atoms with Gasteiger partial charge in [0.05, 0.1) is 9.37 Å². The molecule has 0 aliphatic heterocycles. The number of rotatable bonds is 5. The number of halogens is 1. The second-order valence-corrected chi connectivity index (χ2v) is 6.42. The SMILES string of the molecule is CN(CCCO)S(=O)(=O)c1ccc(Br)c(O)c1. The summed E-state index contributed by atoms with van der Waals surface area (Å²) in [6.07, 6.45) is 0.373. The summed E-state index contributed by atoms with van der Waals surface area (Å²) in [6, 6.07) is 4.07. The Labute approximate surface area is 109 Å². The van der Waals surface area contributed by atoms with Gasteiger partial charge >= 0.3 is 0 Å². The highest BCUT2D eigenvalue weighted by atomic mass is 79.9. The molecule has 0 spiro atoms. The Morgan fingerprint density at radius 3 is 2.59 bits per heavy atom. The van der Waals surface area contributed by atoms with Gasteiger partial charge in [0.1, 0.15) is 5.75 Å². The van der Waals surface area contributed by atoms with Crippen molar-refractivity contribution < 1.29 is 18.6 Å². The number of aliphatic hydroxyl groups excluding tert-OH is 1. The normalized spacial score (nSPS) is 12.0. The van der Waals surface area contributed by atoms with E-state index in [0.717, 1.165) is 4.31 Å². The zero-order valence-electron chi connectivity index (χ0n) is 9.30. The number of nitrogens with zero attached hydrogens (tertiary/aromatic N) is 1. The lowest BCUT2D eigenvalue weighted by atomic mass is 10.3. The standard InChI is InChI=1S/C10H14BrNO4S/c1-12(5-2-6-13)17(15,16)8-3-4-9(11)10(14)7-8/h3-4,7,13-14H,2,5-6H2,1H3. The largest absolute Gasteiger partial charge is 0.507 e. The monoisotopic (exact) mass is 323 g/mol. The molecule has 0 fully saturated rings. The molecule has 0 aliphatic carbocycles. The fourth-order valence-corrected chi connectivity index (χ4v) is 2.72. The van der Waals surface area contributed by atoms with Crippen LogP contribution in [0.3, 0.4) is 0 Å². The zero-order chi connectivity index (χ0) is 13.1. The molecular formula is C10H14BrNO4S. The molecule has 0 saturated heterocycles. The van der Waals surface area contributed by atoms with Crippen LogP contribution in [0.2, 0.25) is 0 Å². The number of aromatic hydroxyl groups is 1. The molecule has 0 aliphatic rings. The van der Waals surface area contributed by atoms with Gasteiger partial charge < -0.3 is 10.2 Å². The van der Waals surface area contributed by atoms with Gasteiger partial charge in [0.15, 0.2) is 0 Å². The number of hydrogen-bond donors (Lipinski definition) is 2. The van der Waals surface area contributed by atoms with Crippen molar-refractivity contribution in [1.82, 2.24) is 4.31 Å². The van der Waals surface area contributed by atoms with Gasteiger partial charge in [0.2, 0.25) is 10.0 Å². The van der Waals surface area contributed by atoms with Crippen molar-refractivity contribution in [3.63, 3.8) is 0 Å². The van der Waals surface area contributed by atoms with Crippen LogP contribution in [0.15, 0.2) is 27.6 Å². The second-order valence-electron chi connectivity index (χ2n) is 3.52. The topological polar surface area (TPSA) is 77.8 Å². The number of phenolic OH excluding ortho intramolecular Hbond substituents is 1. The smallest absolute Gasteiger partial charge is 0.242 e. The van der Waals surface area contributed by atoms with Crippen LogP contribution in [-0.2, 0) is 10.0 Å². The molecule has 0 bridgehead atoms. The maximum absolute atomic E-state index is 12.0. The molecule has 0 radical (unpaired) electrons. The minimum Gasteiger partial charge on any atom is -0.507 e. The summed E-state index contributed by atoms with van der Waals surface area (Å²) in [5, 5.41) is 18.1. The molecule has 17 heavy (non-hydrogen) atoms. The van der Waals surface area contributed by atoms with E-state index in [0.29, 0.717) is 10.9 Å². The van der Waals surface area contributed by atoms with Crippen molar-refractivity contribution in [2.75, 3.05) is 20.2 Å². The molecule has 5 nitrogen and oxygen atoms in total. The van der Waals surface area contributed by atoms with Crippen molar-refractivity contribution in [1.29, 1.82) is 0 Å². The Balaban J connectivity index is 3.00. The summed E-state index contributed by atoms with van der Waals surface area (Å²) in [7, 11) is -2.17. The molecule has 0 atom stereocenters. The van der Waals surface area contributed by atoms with E-state index >= 15 is 0 Å². The van der Waals surface area contributed by atoms with E-state index in [1.807, 2.05) is 0 Å². The summed E-state index contributed by atoms with van der Waals surface area (Å²) in [5.74, 6) is -0.123. The lowest BCUT2D eigenvalue weighted by Crippen LogP contribution is -2.28. The van der Waals surface area contributed by atoms with Crippen molar-refractivity contribution >= 4 is 26.0 Å². The molecular weight excluding hydrogens is 310 g/mol. The van der Waals surface area contributed by atoms with Gasteiger partial charge in [0.25, 0.3) is 0 Å².